The van der Waals surface area contributed by atoms with E-state index in [2.05, 4.69) is 31.0 Å². The molecule has 3 aromatic rings. The van der Waals surface area contributed by atoms with Gasteiger partial charge in [-0.3, -0.25) is 9.48 Å². The summed E-state index contributed by atoms with van der Waals surface area (Å²) in [5.74, 6) is 0.144. The first-order valence-electron chi connectivity index (χ1n) is 6.33. The maximum atomic E-state index is 12.3. The van der Waals surface area contributed by atoms with Crippen molar-refractivity contribution in [3.63, 3.8) is 0 Å². The molecule has 0 spiro atoms. The summed E-state index contributed by atoms with van der Waals surface area (Å²) in [7, 11) is 1.71. The number of aromatic amines is 1. The van der Waals surface area contributed by atoms with Crippen molar-refractivity contribution in [3.8, 4) is 0 Å². The molecular formula is C13H13N7O. The zero-order valence-corrected chi connectivity index (χ0v) is 11.3. The molecule has 0 aliphatic rings. The molecule has 0 saturated heterocycles. The quantitative estimate of drug-likeness (QED) is 0.724. The molecule has 1 aromatic carbocycles. The average Bonchev–Trinajstić information content (AvgIpc) is 3.17. The lowest BCUT2D eigenvalue weighted by atomic mass is 10.1. The maximum absolute atomic E-state index is 12.3. The van der Waals surface area contributed by atoms with Gasteiger partial charge in [-0.15, -0.1) is 10.2 Å². The predicted molar refractivity (Wildman–Crippen MR) is 73.1 cm³/mol. The molecule has 8 nitrogen and oxygen atoms in total. The fraction of sp³-hybridized carbons (Fsp3) is 0.154. The van der Waals surface area contributed by atoms with Crippen molar-refractivity contribution in [1.82, 2.24) is 35.7 Å². The Bertz CT molecular complexity index is 720. The van der Waals surface area contributed by atoms with Crippen LogP contribution < -0.4 is 5.32 Å². The fourth-order valence-corrected chi connectivity index (χ4v) is 2.04. The van der Waals surface area contributed by atoms with Crippen molar-refractivity contribution in [2.24, 2.45) is 7.05 Å². The summed E-state index contributed by atoms with van der Waals surface area (Å²) in [6.07, 6.45) is 1.57. The van der Waals surface area contributed by atoms with Crippen LogP contribution in [0.25, 0.3) is 0 Å². The lowest BCUT2D eigenvalue weighted by Gasteiger charge is -2.15. The van der Waals surface area contributed by atoms with Gasteiger partial charge >= 0.3 is 0 Å². The van der Waals surface area contributed by atoms with Crippen molar-refractivity contribution in [3.05, 3.63) is 59.7 Å². The number of nitrogens with one attached hydrogen (secondary N) is 2. The number of aromatic nitrogens is 6. The number of rotatable bonds is 4. The van der Waals surface area contributed by atoms with Gasteiger partial charge in [0.2, 0.25) is 5.82 Å². The van der Waals surface area contributed by atoms with E-state index in [4.69, 9.17) is 0 Å². The Morgan fingerprint density at radius 2 is 2.10 bits per heavy atom. The van der Waals surface area contributed by atoms with E-state index in [0.717, 1.165) is 5.56 Å². The van der Waals surface area contributed by atoms with E-state index in [1.165, 1.54) is 4.68 Å². The lowest BCUT2D eigenvalue weighted by molar-refractivity contribution is 0.0932. The highest BCUT2D eigenvalue weighted by atomic mass is 16.2. The molecular weight excluding hydrogens is 270 g/mol. The molecule has 1 amide bonds. The summed E-state index contributed by atoms with van der Waals surface area (Å²) in [5, 5.41) is 20.8. The van der Waals surface area contributed by atoms with Crippen LogP contribution in [-0.4, -0.2) is 36.3 Å². The molecule has 1 unspecified atom stereocenters. The molecule has 0 saturated carbocycles. The highest BCUT2D eigenvalue weighted by molar-refractivity contribution is 5.92. The van der Waals surface area contributed by atoms with Gasteiger partial charge in [-0.05, 0) is 11.6 Å². The number of hydrogen-bond acceptors (Lipinski definition) is 5. The van der Waals surface area contributed by atoms with E-state index in [9.17, 15) is 4.79 Å². The Morgan fingerprint density at radius 3 is 2.71 bits per heavy atom. The number of amides is 1. The first kappa shape index (κ1) is 13.0. The normalized spacial score (nSPS) is 12.0. The first-order chi connectivity index (χ1) is 10.3. The number of aryl methyl sites for hydroxylation is 1. The minimum absolute atomic E-state index is 0.256. The minimum atomic E-state index is -0.479. The van der Waals surface area contributed by atoms with E-state index in [-0.39, 0.29) is 5.91 Å². The third-order valence-electron chi connectivity index (χ3n) is 3.08. The van der Waals surface area contributed by atoms with Crippen LogP contribution in [-0.2, 0) is 7.05 Å². The molecule has 0 radical (unpaired) electrons. The molecule has 0 bridgehead atoms. The van der Waals surface area contributed by atoms with E-state index in [1.807, 2.05) is 30.3 Å². The Kier molecular flexibility index (Phi) is 3.42. The summed E-state index contributed by atoms with van der Waals surface area (Å²) >= 11 is 0. The Morgan fingerprint density at radius 1 is 1.29 bits per heavy atom. The van der Waals surface area contributed by atoms with E-state index >= 15 is 0 Å². The molecule has 0 fully saturated rings. The molecule has 2 N–H and O–H groups in total. The Hall–Kier alpha value is -3.03. The van der Waals surface area contributed by atoms with Crippen LogP contribution in [0, 0.1) is 0 Å². The molecule has 3 rings (SSSR count). The molecule has 1 atom stereocenters. The third-order valence-corrected chi connectivity index (χ3v) is 3.08. The van der Waals surface area contributed by atoms with Crippen LogP contribution in [0.3, 0.4) is 0 Å². The van der Waals surface area contributed by atoms with Crippen molar-refractivity contribution in [2.75, 3.05) is 0 Å². The molecule has 21 heavy (non-hydrogen) atoms. The third kappa shape index (κ3) is 2.64. The van der Waals surface area contributed by atoms with Crippen LogP contribution in [0.1, 0.15) is 27.9 Å². The molecule has 2 heterocycles. The molecule has 0 aliphatic heterocycles. The summed E-state index contributed by atoms with van der Waals surface area (Å²) < 4.78 is 1.51. The Balaban J connectivity index is 1.91. The maximum Gasteiger partial charge on any atom is 0.270 e. The molecule has 2 aromatic heterocycles. The van der Waals surface area contributed by atoms with Gasteiger partial charge in [0.05, 0.1) is 0 Å². The predicted octanol–water partition coefficient (Wildman–Crippen LogP) is 0.453. The van der Waals surface area contributed by atoms with Gasteiger partial charge in [-0.2, -0.15) is 10.3 Å². The monoisotopic (exact) mass is 283 g/mol. The number of H-pyrrole nitrogens is 1. The van der Waals surface area contributed by atoms with Crippen molar-refractivity contribution in [2.45, 2.75) is 6.04 Å². The largest absolute Gasteiger partial charge is 0.336 e. The lowest BCUT2D eigenvalue weighted by Crippen LogP contribution is -2.31. The van der Waals surface area contributed by atoms with Crippen molar-refractivity contribution >= 4 is 5.91 Å². The topological polar surface area (TPSA) is 101 Å². The minimum Gasteiger partial charge on any atom is -0.336 e. The SMILES string of the molecule is Cn1nccc1C(=O)NC(c1ccccc1)c1nn[nH]n1. The second kappa shape index (κ2) is 5.53. The second-order valence-corrected chi connectivity index (χ2v) is 4.43. The van der Waals surface area contributed by atoms with Crippen LogP contribution >= 0.6 is 0 Å². The first-order valence-corrected chi connectivity index (χ1v) is 6.33. The zero-order chi connectivity index (χ0) is 14.7. The van der Waals surface area contributed by atoms with E-state index in [1.54, 1.807) is 19.3 Å². The second-order valence-electron chi connectivity index (χ2n) is 4.43. The van der Waals surface area contributed by atoms with Crippen LogP contribution in [0.15, 0.2) is 42.6 Å². The van der Waals surface area contributed by atoms with E-state index in [0.29, 0.717) is 11.5 Å². The number of carbonyl (C=O) groups is 1. The van der Waals surface area contributed by atoms with Crippen molar-refractivity contribution < 1.29 is 4.79 Å². The highest BCUT2D eigenvalue weighted by Gasteiger charge is 2.22. The van der Waals surface area contributed by atoms with Crippen LogP contribution in [0.4, 0.5) is 0 Å². The number of tetrazole rings is 1. The Labute approximate surface area is 120 Å². The standard InChI is InChI=1S/C13H13N7O/c1-20-10(7-8-14-20)13(21)15-11(12-16-18-19-17-12)9-5-3-2-4-6-9/h2-8,11H,1H3,(H,15,21)(H,16,17,18,19). The smallest absolute Gasteiger partial charge is 0.270 e. The van der Waals surface area contributed by atoms with Gasteiger partial charge in [0.15, 0.2) is 0 Å². The fourth-order valence-electron chi connectivity index (χ4n) is 2.04. The summed E-state index contributed by atoms with van der Waals surface area (Å²) in [6.45, 7) is 0. The van der Waals surface area contributed by atoms with Crippen LogP contribution in [0.2, 0.25) is 0 Å². The van der Waals surface area contributed by atoms with Gasteiger partial charge in [-0.25, -0.2) is 0 Å². The van der Waals surface area contributed by atoms with Gasteiger partial charge < -0.3 is 5.32 Å². The van der Waals surface area contributed by atoms with Gasteiger partial charge in [0.25, 0.3) is 5.91 Å². The van der Waals surface area contributed by atoms with Crippen molar-refractivity contribution in [1.29, 1.82) is 0 Å². The molecule has 0 aliphatic carbocycles. The summed E-state index contributed by atoms with van der Waals surface area (Å²) in [6, 6.07) is 10.6. The number of carbonyl (C=O) groups excluding carboxylic acids is 1. The van der Waals surface area contributed by atoms with Crippen LogP contribution in [0.5, 0.6) is 0 Å². The average molecular weight is 283 g/mol. The number of benzene rings is 1. The van der Waals surface area contributed by atoms with Gasteiger partial charge in [-0.1, -0.05) is 35.5 Å². The zero-order valence-electron chi connectivity index (χ0n) is 11.3. The highest BCUT2D eigenvalue weighted by Crippen LogP contribution is 2.18. The van der Waals surface area contributed by atoms with Gasteiger partial charge in [0, 0.05) is 13.2 Å². The summed E-state index contributed by atoms with van der Waals surface area (Å²) in [4.78, 5) is 12.3. The number of nitrogens with zero attached hydrogens (tertiary/aromatic N) is 5. The molecule has 8 heteroatoms. The van der Waals surface area contributed by atoms with Gasteiger partial charge in [0.1, 0.15) is 11.7 Å². The molecule has 106 valence electrons. The van der Waals surface area contributed by atoms with E-state index < -0.39 is 6.04 Å². The number of hydrogen-bond donors (Lipinski definition) is 2. The summed E-state index contributed by atoms with van der Waals surface area (Å²) in [5.41, 5.74) is 1.33.